The number of thiophene rings is 1. The molecule has 3 amide bonds. The van der Waals surface area contributed by atoms with E-state index in [2.05, 4.69) is 22.5 Å². The predicted molar refractivity (Wildman–Crippen MR) is 102 cm³/mol. The molecular weight excluding hydrogens is 374 g/mol. The lowest BCUT2D eigenvalue weighted by molar-refractivity contribution is -0.115. The van der Waals surface area contributed by atoms with E-state index in [1.54, 1.807) is 5.38 Å². The molecule has 1 aromatic heterocycles. The zero-order chi connectivity index (χ0) is 18.5. The number of hydrogen-bond donors (Lipinski definition) is 3. The van der Waals surface area contributed by atoms with Crippen LogP contribution in [0.2, 0.25) is 0 Å². The summed E-state index contributed by atoms with van der Waals surface area (Å²) in [6, 6.07) is 9.15. The van der Waals surface area contributed by atoms with E-state index >= 15 is 0 Å². The molecule has 1 aromatic carbocycles. The van der Waals surface area contributed by atoms with Gasteiger partial charge in [-0.25, -0.2) is 4.79 Å². The lowest BCUT2D eigenvalue weighted by Crippen LogP contribution is -2.33. The minimum absolute atomic E-state index is 0.00250. The number of benzene rings is 1. The van der Waals surface area contributed by atoms with Crippen LogP contribution in [0.15, 0.2) is 53.3 Å². The van der Waals surface area contributed by atoms with Gasteiger partial charge in [0.05, 0.1) is 5.56 Å². The second-order valence-corrected chi connectivity index (χ2v) is 7.20. The Labute approximate surface area is 157 Å². The van der Waals surface area contributed by atoms with Gasteiger partial charge in [-0.3, -0.25) is 14.9 Å². The predicted octanol–water partition coefficient (Wildman–Crippen LogP) is 3.28. The van der Waals surface area contributed by atoms with Gasteiger partial charge in [0.2, 0.25) is 0 Å². The first-order valence-electron chi connectivity index (χ1n) is 7.58. The van der Waals surface area contributed by atoms with Crippen LogP contribution in [0.25, 0.3) is 0 Å². The lowest BCUT2D eigenvalue weighted by atomic mass is 10.3. The first kappa shape index (κ1) is 18.0. The molecule has 2 aromatic rings. The van der Waals surface area contributed by atoms with Crippen LogP contribution in [0.5, 0.6) is 0 Å². The normalized spacial score (nSPS) is 14.7. The smallest absolute Gasteiger partial charge is 0.414 e. The van der Waals surface area contributed by atoms with Crippen LogP contribution in [0, 0.1) is 0 Å². The van der Waals surface area contributed by atoms with Crippen LogP contribution < -0.4 is 16.0 Å². The summed E-state index contributed by atoms with van der Waals surface area (Å²) in [5.41, 5.74) is 1.09. The van der Waals surface area contributed by atoms with Crippen molar-refractivity contribution in [3.8, 4) is 0 Å². The maximum atomic E-state index is 12.5. The molecule has 0 bridgehead atoms. The molecule has 3 rings (SSSR count). The van der Waals surface area contributed by atoms with E-state index in [-0.39, 0.29) is 18.1 Å². The number of amides is 3. The fraction of sp³-hybridized carbons (Fsp3) is 0.118. The van der Waals surface area contributed by atoms with Gasteiger partial charge in [0.1, 0.15) is 11.6 Å². The fourth-order valence-corrected chi connectivity index (χ4v) is 4.00. The van der Waals surface area contributed by atoms with Crippen LogP contribution in [0.4, 0.5) is 15.5 Å². The molecule has 2 heterocycles. The summed E-state index contributed by atoms with van der Waals surface area (Å²) in [5.74, 6) is -0.928. The Balaban J connectivity index is 1.62. The Bertz CT molecular complexity index is 840. The highest BCUT2D eigenvalue weighted by atomic mass is 32.2. The van der Waals surface area contributed by atoms with Gasteiger partial charge in [-0.05, 0) is 23.6 Å². The third kappa shape index (κ3) is 4.06. The van der Waals surface area contributed by atoms with Crippen molar-refractivity contribution >= 4 is 51.7 Å². The number of hydrogen-bond acceptors (Lipinski definition) is 7. The number of nitrogens with one attached hydrogen (secondary N) is 3. The first-order chi connectivity index (χ1) is 12.6. The summed E-state index contributed by atoms with van der Waals surface area (Å²) < 4.78 is 4.71. The highest BCUT2D eigenvalue weighted by Gasteiger charge is 2.28. The zero-order valence-electron chi connectivity index (χ0n) is 13.5. The van der Waals surface area contributed by atoms with Crippen LogP contribution in [-0.2, 0) is 9.53 Å². The lowest BCUT2D eigenvalue weighted by Gasteiger charge is -2.11. The van der Waals surface area contributed by atoms with Gasteiger partial charge in [0.25, 0.3) is 11.8 Å². The maximum Gasteiger partial charge on any atom is 0.414 e. The maximum absolute atomic E-state index is 12.5. The Morgan fingerprint density at radius 1 is 1.27 bits per heavy atom. The fourth-order valence-electron chi connectivity index (χ4n) is 2.20. The molecule has 0 aliphatic carbocycles. The van der Waals surface area contributed by atoms with Crippen molar-refractivity contribution in [3.05, 3.63) is 53.9 Å². The Morgan fingerprint density at radius 2 is 2.08 bits per heavy atom. The van der Waals surface area contributed by atoms with E-state index in [1.165, 1.54) is 35.2 Å². The molecule has 7 nitrogen and oxygen atoms in total. The second-order valence-electron chi connectivity index (χ2n) is 5.13. The van der Waals surface area contributed by atoms with Crippen molar-refractivity contribution in [2.45, 2.75) is 10.3 Å². The van der Waals surface area contributed by atoms with Crippen molar-refractivity contribution in [1.82, 2.24) is 5.32 Å². The molecule has 0 spiro atoms. The number of fused-ring (bicyclic) bond motifs is 1. The summed E-state index contributed by atoms with van der Waals surface area (Å²) in [6.45, 7) is 3.42. The number of rotatable bonds is 5. The summed E-state index contributed by atoms with van der Waals surface area (Å²) in [4.78, 5) is 37.1. The number of anilines is 2. The topological polar surface area (TPSA) is 96.5 Å². The average Bonchev–Trinajstić information content (AvgIpc) is 3.26. The number of thioether (sulfide) groups is 1. The Hall–Kier alpha value is -2.78. The monoisotopic (exact) mass is 389 g/mol. The van der Waals surface area contributed by atoms with Gasteiger partial charge in [-0.2, -0.15) is 0 Å². The van der Waals surface area contributed by atoms with Gasteiger partial charge in [-0.15, -0.1) is 11.3 Å². The van der Waals surface area contributed by atoms with E-state index in [4.69, 9.17) is 4.74 Å². The van der Waals surface area contributed by atoms with Gasteiger partial charge in [-0.1, -0.05) is 36.5 Å². The molecule has 1 atom stereocenters. The molecule has 0 saturated heterocycles. The van der Waals surface area contributed by atoms with Crippen molar-refractivity contribution in [2.24, 2.45) is 0 Å². The van der Waals surface area contributed by atoms with Crippen LogP contribution >= 0.6 is 23.1 Å². The molecular formula is C17H15N3O4S2. The van der Waals surface area contributed by atoms with Crippen molar-refractivity contribution in [2.75, 3.05) is 17.2 Å². The van der Waals surface area contributed by atoms with E-state index in [0.29, 0.717) is 5.00 Å². The van der Waals surface area contributed by atoms with Crippen LogP contribution in [0.1, 0.15) is 10.4 Å². The first-order valence-corrected chi connectivity index (χ1v) is 9.34. The van der Waals surface area contributed by atoms with E-state index in [0.717, 1.165) is 10.6 Å². The van der Waals surface area contributed by atoms with Gasteiger partial charge >= 0.3 is 6.09 Å². The van der Waals surface area contributed by atoms with Gasteiger partial charge in [0.15, 0.2) is 5.37 Å². The number of ether oxygens (including phenoxy) is 1. The second kappa shape index (κ2) is 8.07. The number of alkyl carbamates (subject to hydrolysis) is 1. The zero-order valence-corrected chi connectivity index (χ0v) is 15.1. The van der Waals surface area contributed by atoms with Crippen molar-refractivity contribution < 1.29 is 19.1 Å². The molecule has 134 valence electrons. The number of imide groups is 1. The van der Waals surface area contributed by atoms with Crippen LogP contribution in [-0.4, -0.2) is 29.9 Å². The van der Waals surface area contributed by atoms with Crippen molar-refractivity contribution in [1.29, 1.82) is 0 Å². The number of carbonyl (C=O) groups is 3. The summed E-state index contributed by atoms with van der Waals surface area (Å²) in [7, 11) is 0. The largest absolute Gasteiger partial charge is 0.445 e. The quantitative estimate of drug-likeness (QED) is 0.679. The Morgan fingerprint density at radius 3 is 2.85 bits per heavy atom. The molecule has 9 heteroatoms. The highest BCUT2D eigenvalue weighted by Crippen LogP contribution is 2.38. The standard InChI is InChI=1S/C17H15N3O4S2/c1-2-8-24-17(23)20-13(21)10-7-9-25-15(10)19-14(22)16-18-11-5-3-4-6-12(11)26-16/h2-7,9,16,18H,1,8H2,(H,19,22)(H,20,21,23). The van der Waals surface area contributed by atoms with Gasteiger partial charge in [0, 0.05) is 10.6 Å². The molecule has 1 aliphatic rings. The molecule has 0 radical (unpaired) electrons. The summed E-state index contributed by atoms with van der Waals surface area (Å²) in [6.07, 6.45) is 0.520. The average molecular weight is 389 g/mol. The number of para-hydroxylation sites is 1. The third-order valence-corrected chi connectivity index (χ3v) is 5.36. The molecule has 1 unspecified atom stereocenters. The van der Waals surface area contributed by atoms with E-state index in [1.807, 2.05) is 24.3 Å². The van der Waals surface area contributed by atoms with Gasteiger partial charge < -0.3 is 15.4 Å². The van der Waals surface area contributed by atoms with Crippen LogP contribution in [0.3, 0.4) is 0 Å². The minimum atomic E-state index is -0.873. The summed E-state index contributed by atoms with van der Waals surface area (Å²) in [5, 5.41) is 9.48. The minimum Gasteiger partial charge on any atom is -0.445 e. The molecule has 1 aliphatic heterocycles. The summed E-state index contributed by atoms with van der Waals surface area (Å²) >= 11 is 2.59. The highest BCUT2D eigenvalue weighted by molar-refractivity contribution is 8.01. The molecule has 0 fully saturated rings. The molecule has 26 heavy (non-hydrogen) atoms. The Kier molecular flexibility index (Phi) is 5.59. The number of carbonyl (C=O) groups excluding carboxylic acids is 3. The molecule has 0 saturated carbocycles. The molecule has 3 N–H and O–H groups in total. The van der Waals surface area contributed by atoms with E-state index in [9.17, 15) is 14.4 Å². The van der Waals surface area contributed by atoms with Crippen molar-refractivity contribution in [3.63, 3.8) is 0 Å². The van der Waals surface area contributed by atoms with E-state index < -0.39 is 17.4 Å². The third-order valence-electron chi connectivity index (χ3n) is 3.35. The SMILES string of the molecule is C=CCOC(=O)NC(=O)c1ccsc1NC(=O)C1Nc2ccccc2S1.